The molecule has 1 saturated heterocycles. The van der Waals surface area contributed by atoms with E-state index < -0.39 is 17.8 Å². The number of barbiturate groups is 1. The van der Waals surface area contributed by atoms with Crippen molar-refractivity contribution in [2.75, 3.05) is 11.5 Å². The lowest BCUT2D eigenvalue weighted by atomic mass is 10.1. The van der Waals surface area contributed by atoms with Crippen LogP contribution in [0.15, 0.2) is 72.3 Å². The van der Waals surface area contributed by atoms with E-state index in [9.17, 15) is 14.4 Å². The number of nitrogens with zero attached hydrogens (tertiary/aromatic N) is 1. The quantitative estimate of drug-likeness (QED) is 0.193. The molecule has 0 radical (unpaired) electrons. The van der Waals surface area contributed by atoms with Gasteiger partial charge in [-0.3, -0.25) is 14.9 Å². The zero-order valence-electron chi connectivity index (χ0n) is 20.0. The molecule has 0 spiro atoms. The maximum atomic E-state index is 13.3. The Kier molecular flexibility index (Phi) is 8.48. The molecule has 0 aliphatic carbocycles. The number of urea groups is 1. The van der Waals surface area contributed by atoms with Crippen LogP contribution in [0, 0.1) is 0 Å². The Hall–Kier alpha value is -3.81. The average Bonchev–Trinajstić information content (AvgIpc) is 2.87. The van der Waals surface area contributed by atoms with Crippen molar-refractivity contribution in [1.82, 2.24) is 5.32 Å². The van der Waals surface area contributed by atoms with Gasteiger partial charge in [-0.2, -0.15) is 0 Å². The standard InChI is InChI=1S/C28H24Cl2N2O5/c1-2-3-13-36-23-10-8-22(9-11-23)32-27(34)24(26(33)31-28(32)35)16-19-15-21(30)7-12-25(19)37-17-18-5-4-6-20(29)14-18/h4-12,14-16H,2-3,13,17H2,1H3,(H,31,33,35)/b24-16-. The van der Waals surface area contributed by atoms with E-state index in [-0.39, 0.29) is 12.2 Å². The van der Waals surface area contributed by atoms with E-state index in [4.69, 9.17) is 32.7 Å². The summed E-state index contributed by atoms with van der Waals surface area (Å²) in [6.07, 6.45) is 3.28. The van der Waals surface area contributed by atoms with Crippen LogP contribution in [0.5, 0.6) is 11.5 Å². The third kappa shape index (κ3) is 6.50. The van der Waals surface area contributed by atoms with Crippen LogP contribution in [0.2, 0.25) is 10.0 Å². The molecule has 0 atom stereocenters. The lowest BCUT2D eigenvalue weighted by Crippen LogP contribution is -2.54. The van der Waals surface area contributed by atoms with Crippen molar-refractivity contribution in [1.29, 1.82) is 0 Å². The third-order valence-electron chi connectivity index (χ3n) is 5.52. The molecule has 0 bridgehead atoms. The lowest BCUT2D eigenvalue weighted by Gasteiger charge is -2.26. The topological polar surface area (TPSA) is 84.9 Å². The highest BCUT2D eigenvalue weighted by molar-refractivity contribution is 6.39. The van der Waals surface area contributed by atoms with Gasteiger partial charge in [-0.15, -0.1) is 0 Å². The molecule has 0 unspecified atom stereocenters. The molecule has 1 N–H and O–H groups in total. The summed E-state index contributed by atoms with van der Waals surface area (Å²) in [6, 6.07) is 17.7. The van der Waals surface area contributed by atoms with Crippen molar-refractivity contribution >= 4 is 52.8 Å². The summed E-state index contributed by atoms with van der Waals surface area (Å²) in [7, 11) is 0. The lowest BCUT2D eigenvalue weighted by molar-refractivity contribution is -0.122. The molecule has 0 aromatic heterocycles. The Bertz CT molecular complexity index is 1350. The fourth-order valence-electron chi connectivity index (χ4n) is 3.62. The molecule has 7 nitrogen and oxygen atoms in total. The molecule has 1 heterocycles. The number of hydrogen-bond acceptors (Lipinski definition) is 5. The molecule has 3 aromatic rings. The largest absolute Gasteiger partial charge is 0.494 e. The van der Waals surface area contributed by atoms with Gasteiger partial charge in [0.25, 0.3) is 11.8 Å². The van der Waals surface area contributed by atoms with Crippen molar-refractivity contribution in [2.45, 2.75) is 26.4 Å². The molecule has 37 heavy (non-hydrogen) atoms. The van der Waals surface area contributed by atoms with E-state index in [1.807, 2.05) is 12.1 Å². The van der Waals surface area contributed by atoms with Gasteiger partial charge >= 0.3 is 6.03 Å². The molecule has 1 aliphatic rings. The number of halogens is 2. The number of benzene rings is 3. The minimum atomic E-state index is -0.838. The number of anilines is 1. The first-order valence-corrected chi connectivity index (χ1v) is 12.4. The Labute approximate surface area is 224 Å². The summed E-state index contributed by atoms with van der Waals surface area (Å²) >= 11 is 12.2. The Morgan fingerprint density at radius 3 is 2.41 bits per heavy atom. The first-order chi connectivity index (χ1) is 17.9. The Morgan fingerprint density at radius 1 is 0.919 bits per heavy atom. The molecular weight excluding hydrogens is 515 g/mol. The molecule has 1 fully saturated rings. The fraction of sp³-hybridized carbons (Fsp3) is 0.179. The normalized spacial score (nSPS) is 14.6. The SMILES string of the molecule is CCCCOc1ccc(N2C(=O)NC(=O)/C(=C/c3cc(Cl)ccc3OCc3cccc(Cl)c3)C2=O)cc1. The van der Waals surface area contributed by atoms with Crippen LogP contribution in [-0.2, 0) is 16.2 Å². The van der Waals surface area contributed by atoms with Gasteiger partial charge in [-0.1, -0.05) is 48.7 Å². The summed E-state index contributed by atoms with van der Waals surface area (Å²) in [6.45, 7) is 2.84. The number of ether oxygens (including phenoxy) is 2. The van der Waals surface area contributed by atoms with Gasteiger partial charge in [-0.05, 0) is 72.7 Å². The predicted octanol–water partition coefficient (Wildman–Crippen LogP) is 6.42. The van der Waals surface area contributed by atoms with Gasteiger partial charge in [0.05, 0.1) is 12.3 Å². The van der Waals surface area contributed by atoms with Crippen molar-refractivity contribution in [3.8, 4) is 11.5 Å². The van der Waals surface area contributed by atoms with Gasteiger partial charge in [0.15, 0.2) is 0 Å². The first kappa shape index (κ1) is 26.3. The van der Waals surface area contributed by atoms with Gasteiger partial charge < -0.3 is 9.47 Å². The monoisotopic (exact) mass is 538 g/mol. The smallest absolute Gasteiger partial charge is 0.335 e. The van der Waals surface area contributed by atoms with Crippen molar-refractivity contribution in [3.63, 3.8) is 0 Å². The van der Waals surface area contributed by atoms with Gasteiger partial charge in [0, 0.05) is 15.6 Å². The highest BCUT2D eigenvalue weighted by atomic mass is 35.5. The van der Waals surface area contributed by atoms with E-state index in [1.165, 1.54) is 6.08 Å². The van der Waals surface area contributed by atoms with Crippen LogP contribution in [0.3, 0.4) is 0 Å². The minimum absolute atomic E-state index is 0.204. The Morgan fingerprint density at radius 2 is 1.68 bits per heavy atom. The van der Waals surface area contributed by atoms with Crippen molar-refractivity contribution < 1.29 is 23.9 Å². The second-order valence-electron chi connectivity index (χ2n) is 8.25. The number of rotatable bonds is 9. The number of hydrogen-bond donors (Lipinski definition) is 1. The number of carbonyl (C=O) groups is 3. The highest BCUT2D eigenvalue weighted by Gasteiger charge is 2.37. The zero-order valence-corrected chi connectivity index (χ0v) is 21.5. The molecule has 9 heteroatoms. The van der Waals surface area contributed by atoms with Crippen molar-refractivity contribution in [2.24, 2.45) is 0 Å². The molecular formula is C28H24Cl2N2O5. The van der Waals surface area contributed by atoms with E-state index >= 15 is 0 Å². The van der Waals surface area contributed by atoms with Crippen LogP contribution in [0.25, 0.3) is 6.08 Å². The second-order valence-corrected chi connectivity index (χ2v) is 9.13. The molecule has 1 aliphatic heterocycles. The highest BCUT2D eigenvalue weighted by Crippen LogP contribution is 2.29. The Balaban J connectivity index is 1.59. The van der Waals surface area contributed by atoms with E-state index in [2.05, 4.69) is 12.2 Å². The number of imide groups is 2. The number of unbranched alkanes of at least 4 members (excludes halogenated alkanes) is 1. The number of carbonyl (C=O) groups excluding carboxylic acids is 3. The van der Waals surface area contributed by atoms with Crippen LogP contribution < -0.4 is 19.7 Å². The first-order valence-electron chi connectivity index (χ1n) is 11.7. The van der Waals surface area contributed by atoms with Gasteiger partial charge in [0.1, 0.15) is 23.7 Å². The maximum Gasteiger partial charge on any atom is 0.335 e. The van der Waals surface area contributed by atoms with Crippen LogP contribution in [0.4, 0.5) is 10.5 Å². The van der Waals surface area contributed by atoms with Crippen LogP contribution in [-0.4, -0.2) is 24.5 Å². The van der Waals surface area contributed by atoms with Gasteiger partial charge in [0.2, 0.25) is 0 Å². The van der Waals surface area contributed by atoms with Crippen molar-refractivity contribution in [3.05, 3.63) is 93.5 Å². The summed E-state index contributed by atoms with van der Waals surface area (Å²) in [5.74, 6) is -0.565. The predicted molar refractivity (Wildman–Crippen MR) is 143 cm³/mol. The number of amides is 4. The third-order valence-corrected chi connectivity index (χ3v) is 5.99. The van der Waals surface area contributed by atoms with E-state index in [0.717, 1.165) is 23.3 Å². The van der Waals surface area contributed by atoms with Crippen LogP contribution >= 0.6 is 23.2 Å². The van der Waals surface area contributed by atoms with Gasteiger partial charge in [-0.25, -0.2) is 9.69 Å². The number of nitrogens with one attached hydrogen (secondary N) is 1. The second kappa shape index (κ2) is 12.0. The minimum Gasteiger partial charge on any atom is -0.494 e. The molecule has 4 rings (SSSR count). The average molecular weight is 539 g/mol. The summed E-state index contributed by atoms with van der Waals surface area (Å²) in [5.41, 5.74) is 1.30. The summed E-state index contributed by atoms with van der Waals surface area (Å²) in [5, 5.41) is 3.19. The zero-order chi connectivity index (χ0) is 26.4. The van der Waals surface area contributed by atoms with Crippen LogP contribution in [0.1, 0.15) is 30.9 Å². The molecule has 4 amide bonds. The van der Waals surface area contributed by atoms with E-state index in [0.29, 0.717) is 39.4 Å². The molecule has 190 valence electrons. The maximum absolute atomic E-state index is 13.3. The summed E-state index contributed by atoms with van der Waals surface area (Å²) in [4.78, 5) is 39.4. The fourth-order valence-corrected chi connectivity index (χ4v) is 4.02. The molecule has 0 saturated carbocycles. The van der Waals surface area contributed by atoms with E-state index in [1.54, 1.807) is 54.6 Å². The molecule has 3 aromatic carbocycles. The summed E-state index contributed by atoms with van der Waals surface area (Å²) < 4.78 is 11.6.